The van der Waals surface area contributed by atoms with Gasteiger partial charge in [0, 0.05) is 29.7 Å². The maximum absolute atomic E-state index is 13.4. The number of piperidine rings is 1. The number of hydrogen-bond donors (Lipinski definition) is 1. The van der Waals surface area contributed by atoms with Crippen molar-refractivity contribution in [3.05, 3.63) is 82.1 Å². The number of esters is 1. The van der Waals surface area contributed by atoms with E-state index in [0.717, 1.165) is 54.3 Å². The molecule has 0 radical (unpaired) electrons. The number of aliphatic hydroxyl groups excluding tert-OH is 1. The lowest BCUT2D eigenvalue weighted by atomic mass is 10.0. The first-order chi connectivity index (χ1) is 19.4. The third-order valence-corrected chi connectivity index (χ3v) is 8.49. The van der Waals surface area contributed by atoms with Crippen LogP contribution in [0, 0.1) is 0 Å². The summed E-state index contributed by atoms with van der Waals surface area (Å²) in [6, 6.07) is 15.7. The van der Waals surface area contributed by atoms with Gasteiger partial charge in [-0.05, 0) is 63.3 Å². The van der Waals surface area contributed by atoms with Crippen LogP contribution in [0.15, 0.2) is 76.0 Å². The molecule has 3 heterocycles. The monoisotopic (exact) mass is 557 g/mol. The van der Waals surface area contributed by atoms with Gasteiger partial charge in [0.05, 0.1) is 22.7 Å². The van der Waals surface area contributed by atoms with E-state index in [4.69, 9.17) is 4.74 Å². The number of thioether (sulfide) groups is 1. The zero-order chi connectivity index (χ0) is 28.2. The largest absolute Gasteiger partial charge is 0.506 e. The van der Waals surface area contributed by atoms with Gasteiger partial charge in [0.2, 0.25) is 5.91 Å². The van der Waals surface area contributed by atoms with Crippen LogP contribution in [-0.2, 0) is 27.3 Å². The number of amides is 1. The number of carbonyl (C=O) groups excluding carboxylic acids is 2. The highest BCUT2D eigenvalue weighted by atomic mass is 32.2. The number of rotatable bonds is 7. The molecule has 1 aromatic heterocycles. The fourth-order valence-electron chi connectivity index (χ4n) is 5.45. The molecule has 1 fully saturated rings. The number of ether oxygens (including phenoxy) is 1. The highest BCUT2D eigenvalue weighted by Crippen LogP contribution is 2.41. The highest BCUT2D eigenvalue weighted by molar-refractivity contribution is 8.18. The average molecular weight is 558 g/mol. The standard InChI is InChI=1S/C32H35N3O4S/c1-4-22-13-11-16-25-23(19-34(29(22)25)20-27(36)35-17-10-9-12-21(35)3)18-26-30(37)28(32(38)39-5-2)31(40-26)33-24-14-7-6-8-15-24/h6-8,11,13-16,18-19,21,37H,4-5,9-10,12,17,20H2,1-3H3/b26-18-,33-31?/t21-/m0/s1. The maximum Gasteiger partial charge on any atom is 0.344 e. The number of likely N-dealkylation sites (tertiary alicyclic amines) is 1. The van der Waals surface area contributed by atoms with Gasteiger partial charge in [-0.1, -0.05) is 55.1 Å². The summed E-state index contributed by atoms with van der Waals surface area (Å²) in [6.07, 6.45) is 7.92. The molecule has 2 aliphatic rings. The number of nitrogens with zero attached hydrogens (tertiary/aromatic N) is 3. The molecule has 0 unspecified atom stereocenters. The van der Waals surface area contributed by atoms with Crippen molar-refractivity contribution in [2.45, 2.75) is 59.0 Å². The van der Waals surface area contributed by atoms with Gasteiger partial charge in [-0.25, -0.2) is 9.79 Å². The third-order valence-electron chi connectivity index (χ3n) is 7.47. The second kappa shape index (κ2) is 12.2. The minimum atomic E-state index is -0.609. The summed E-state index contributed by atoms with van der Waals surface area (Å²) in [7, 11) is 0. The maximum atomic E-state index is 13.4. The molecule has 1 atom stereocenters. The van der Waals surface area contributed by atoms with Crippen LogP contribution in [0.25, 0.3) is 17.0 Å². The first kappa shape index (κ1) is 27.8. The number of hydrogen-bond acceptors (Lipinski definition) is 6. The van der Waals surface area contributed by atoms with Crippen LogP contribution >= 0.6 is 11.8 Å². The summed E-state index contributed by atoms with van der Waals surface area (Å²) in [4.78, 5) is 33.4. The molecule has 208 valence electrons. The fourth-order valence-corrected chi connectivity index (χ4v) is 6.47. The molecular formula is C32H35N3O4S. The fraction of sp³-hybridized carbons (Fsp3) is 0.344. The lowest BCUT2D eigenvalue weighted by Crippen LogP contribution is -2.43. The van der Waals surface area contributed by atoms with Crippen LogP contribution in [0.2, 0.25) is 0 Å². The minimum absolute atomic E-state index is 0.0641. The molecule has 1 N–H and O–H groups in total. The summed E-state index contributed by atoms with van der Waals surface area (Å²) < 4.78 is 7.29. The molecule has 2 aromatic carbocycles. The Morgan fingerprint density at radius 3 is 2.65 bits per heavy atom. The van der Waals surface area contributed by atoms with Crippen molar-refractivity contribution in [3.63, 3.8) is 0 Å². The summed E-state index contributed by atoms with van der Waals surface area (Å²) in [6.45, 7) is 7.21. The predicted molar refractivity (Wildman–Crippen MR) is 162 cm³/mol. The molecule has 0 aliphatic carbocycles. The van der Waals surface area contributed by atoms with Crippen molar-refractivity contribution in [3.8, 4) is 0 Å². The van der Waals surface area contributed by atoms with Crippen LogP contribution in [-0.4, -0.2) is 50.7 Å². The zero-order valence-electron chi connectivity index (χ0n) is 23.2. The number of para-hydroxylation sites is 2. The number of aliphatic imine (C=N–C) groups is 1. The molecule has 5 rings (SSSR count). The van der Waals surface area contributed by atoms with E-state index >= 15 is 0 Å². The van der Waals surface area contributed by atoms with Gasteiger partial charge in [-0.15, -0.1) is 0 Å². The lowest BCUT2D eigenvalue weighted by molar-refractivity contribution is -0.138. The molecule has 40 heavy (non-hydrogen) atoms. The number of aliphatic hydroxyl groups is 1. The van der Waals surface area contributed by atoms with Crippen LogP contribution in [0.4, 0.5) is 5.69 Å². The Morgan fingerprint density at radius 2 is 1.93 bits per heavy atom. The van der Waals surface area contributed by atoms with Gasteiger partial charge < -0.3 is 19.3 Å². The second-order valence-electron chi connectivity index (χ2n) is 10.1. The summed E-state index contributed by atoms with van der Waals surface area (Å²) in [5.41, 5.74) is 3.77. The van der Waals surface area contributed by atoms with Crippen LogP contribution in [0.3, 0.4) is 0 Å². The van der Waals surface area contributed by atoms with Gasteiger partial charge in [0.1, 0.15) is 22.9 Å². The van der Waals surface area contributed by atoms with E-state index in [2.05, 4.69) is 24.9 Å². The van der Waals surface area contributed by atoms with Gasteiger partial charge >= 0.3 is 5.97 Å². The third kappa shape index (κ3) is 5.59. The predicted octanol–water partition coefficient (Wildman–Crippen LogP) is 6.80. The molecule has 1 amide bonds. The van der Waals surface area contributed by atoms with Crippen LogP contribution in [0.5, 0.6) is 0 Å². The summed E-state index contributed by atoms with van der Waals surface area (Å²) in [5, 5.41) is 12.6. The van der Waals surface area contributed by atoms with Gasteiger partial charge in [-0.3, -0.25) is 4.79 Å². The average Bonchev–Trinajstić information content (AvgIpc) is 3.45. The van der Waals surface area contributed by atoms with E-state index in [0.29, 0.717) is 15.6 Å². The van der Waals surface area contributed by atoms with E-state index in [1.54, 1.807) is 6.92 Å². The minimum Gasteiger partial charge on any atom is -0.506 e. The van der Waals surface area contributed by atoms with Crippen LogP contribution in [0.1, 0.15) is 51.2 Å². The van der Waals surface area contributed by atoms with Crippen molar-refractivity contribution in [2.75, 3.05) is 13.2 Å². The van der Waals surface area contributed by atoms with Crippen molar-refractivity contribution in [2.24, 2.45) is 4.99 Å². The van der Waals surface area contributed by atoms with Crippen molar-refractivity contribution in [1.29, 1.82) is 0 Å². The molecule has 1 saturated heterocycles. The number of fused-ring (bicyclic) bond motifs is 1. The number of carbonyl (C=O) groups is 2. The topological polar surface area (TPSA) is 84.1 Å². The van der Waals surface area contributed by atoms with Crippen molar-refractivity contribution >= 4 is 51.3 Å². The smallest absolute Gasteiger partial charge is 0.344 e. The van der Waals surface area contributed by atoms with E-state index < -0.39 is 5.97 Å². The SMILES string of the molecule is CCOC(=O)C1=C(O)/C(=C/c2cn(CC(=O)N3CCCC[C@@H]3C)c3c(CC)cccc23)SC1=Nc1ccccc1. The highest BCUT2D eigenvalue weighted by Gasteiger charge is 2.33. The molecule has 7 nitrogen and oxygen atoms in total. The molecule has 0 spiro atoms. The number of benzene rings is 2. The molecule has 0 saturated carbocycles. The Labute approximate surface area is 239 Å². The Bertz CT molecular complexity index is 1520. The van der Waals surface area contributed by atoms with E-state index in [-0.39, 0.29) is 36.4 Å². The number of aryl methyl sites for hydroxylation is 1. The first-order valence-electron chi connectivity index (χ1n) is 14.0. The summed E-state index contributed by atoms with van der Waals surface area (Å²) in [5.74, 6) is -0.638. The lowest BCUT2D eigenvalue weighted by Gasteiger charge is -2.33. The van der Waals surface area contributed by atoms with E-state index in [9.17, 15) is 14.7 Å². The summed E-state index contributed by atoms with van der Waals surface area (Å²) >= 11 is 1.24. The normalized spacial score (nSPS) is 19.7. The van der Waals surface area contributed by atoms with Gasteiger partial charge in [0.15, 0.2) is 0 Å². The quantitative estimate of drug-likeness (QED) is 0.323. The molecule has 3 aromatic rings. The van der Waals surface area contributed by atoms with Crippen LogP contribution < -0.4 is 0 Å². The Balaban J connectivity index is 1.56. The molecule has 0 bridgehead atoms. The van der Waals surface area contributed by atoms with Gasteiger partial charge in [0.25, 0.3) is 0 Å². The first-order valence-corrected chi connectivity index (χ1v) is 14.8. The van der Waals surface area contributed by atoms with E-state index in [1.165, 1.54) is 11.8 Å². The molecule has 8 heteroatoms. The van der Waals surface area contributed by atoms with E-state index in [1.807, 2.05) is 64.2 Å². The van der Waals surface area contributed by atoms with Gasteiger partial charge in [-0.2, -0.15) is 0 Å². The van der Waals surface area contributed by atoms with Crippen molar-refractivity contribution < 1.29 is 19.4 Å². The molecule has 2 aliphatic heterocycles. The molecular weight excluding hydrogens is 522 g/mol. The zero-order valence-corrected chi connectivity index (χ0v) is 24.0. The number of aromatic nitrogens is 1. The van der Waals surface area contributed by atoms with Crippen molar-refractivity contribution in [1.82, 2.24) is 9.47 Å². The Hall–Kier alpha value is -3.78. The Kier molecular flexibility index (Phi) is 8.45. The Morgan fingerprint density at radius 1 is 1.12 bits per heavy atom. The second-order valence-corrected chi connectivity index (χ2v) is 11.1.